The van der Waals surface area contributed by atoms with Gasteiger partial charge in [-0.25, -0.2) is 0 Å². The molecule has 2 aromatic rings. The van der Waals surface area contributed by atoms with Gasteiger partial charge in [-0.3, -0.25) is 9.78 Å². The average Bonchev–Trinajstić information content (AvgIpc) is 2.85. The van der Waals surface area contributed by atoms with E-state index in [4.69, 9.17) is 5.73 Å². The summed E-state index contributed by atoms with van der Waals surface area (Å²) in [4.78, 5) is 17.0. The summed E-state index contributed by atoms with van der Waals surface area (Å²) in [5.74, 6) is 0.0162. The van der Waals surface area contributed by atoms with E-state index in [-0.39, 0.29) is 11.7 Å². The van der Waals surface area contributed by atoms with Crippen LogP contribution < -0.4 is 5.73 Å². The lowest BCUT2D eigenvalue weighted by Gasteiger charge is -2.10. The van der Waals surface area contributed by atoms with Crippen LogP contribution in [-0.4, -0.2) is 10.8 Å². The van der Waals surface area contributed by atoms with E-state index >= 15 is 0 Å². The Morgan fingerprint density at radius 1 is 1.37 bits per heavy atom. The SMILES string of the molecule is Cc1ccc(C(=O)C2CCc3cccnc32)cc1N. The van der Waals surface area contributed by atoms with Crippen LogP contribution in [0.3, 0.4) is 0 Å². The number of carbonyl (C=O) groups is 1. The van der Waals surface area contributed by atoms with Gasteiger partial charge in [0, 0.05) is 17.4 Å². The average molecular weight is 252 g/mol. The minimum Gasteiger partial charge on any atom is -0.398 e. The molecular weight excluding hydrogens is 236 g/mol. The molecule has 96 valence electrons. The number of pyridine rings is 1. The maximum Gasteiger partial charge on any atom is 0.171 e. The number of nitrogens with zero attached hydrogens (tertiary/aromatic N) is 1. The summed E-state index contributed by atoms with van der Waals surface area (Å²) in [6.07, 6.45) is 3.54. The zero-order chi connectivity index (χ0) is 13.4. The first kappa shape index (κ1) is 11.9. The van der Waals surface area contributed by atoms with Gasteiger partial charge in [-0.05, 0) is 43.0 Å². The van der Waals surface area contributed by atoms with Crippen LogP contribution in [0.25, 0.3) is 0 Å². The number of aromatic nitrogens is 1. The molecule has 3 heteroatoms. The predicted molar refractivity (Wildman–Crippen MR) is 75.2 cm³/mol. The van der Waals surface area contributed by atoms with E-state index in [0.29, 0.717) is 11.3 Å². The lowest BCUT2D eigenvalue weighted by atomic mass is 9.94. The third-order valence-electron chi connectivity index (χ3n) is 3.84. The molecule has 2 N–H and O–H groups in total. The van der Waals surface area contributed by atoms with E-state index in [2.05, 4.69) is 11.1 Å². The largest absolute Gasteiger partial charge is 0.398 e. The lowest BCUT2D eigenvalue weighted by molar-refractivity contribution is 0.0958. The molecule has 1 atom stereocenters. The molecule has 1 heterocycles. The number of anilines is 1. The lowest BCUT2D eigenvalue weighted by Crippen LogP contribution is -2.12. The number of benzene rings is 1. The Balaban J connectivity index is 1.95. The molecular formula is C16H16N2O. The van der Waals surface area contributed by atoms with Crippen LogP contribution in [0.5, 0.6) is 0 Å². The molecule has 19 heavy (non-hydrogen) atoms. The number of fused-ring (bicyclic) bond motifs is 1. The highest BCUT2D eigenvalue weighted by atomic mass is 16.1. The van der Waals surface area contributed by atoms with Crippen LogP contribution in [0.1, 0.15) is 39.5 Å². The van der Waals surface area contributed by atoms with Crippen molar-refractivity contribution >= 4 is 11.5 Å². The first-order valence-electron chi connectivity index (χ1n) is 6.51. The Labute approximate surface area is 112 Å². The van der Waals surface area contributed by atoms with Crippen molar-refractivity contribution in [3.8, 4) is 0 Å². The molecule has 3 nitrogen and oxygen atoms in total. The Bertz CT molecular complexity index is 649. The van der Waals surface area contributed by atoms with E-state index < -0.39 is 0 Å². The molecule has 1 aliphatic rings. The number of nitrogen functional groups attached to an aromatic ring is 1. The molecule has 3 rings (SSSR count). The summed E-state index contributed by atoms with van der Waals surface area (Å²) in [5, 5.41) is 0. The Kier molecular flexibility index (Phi) is 2.82. The van der Waals surface area contributed by atoms with Crippen molar-refractivity contribution in [2.45, 2.75) is 25.7 Å². The minimum atomic E-state index is -0.113. The van der Waals surface area contributed by atoms with Crippen LogP contribution in [-0.2, 0) is 6.42 Å². The maximum absolute atomic E-state index is 12.6. The molecule has 1 aromatic carbocycles. The van der Waals surface area contributed by atoms with Crippen LogP contribution in [0.4, 0.5) is 5.69 Å². The summed E-state index contributed by atoms with van der Waals surface area (Å²) in [6.45, 7) is 1.94. The normalized spacial score (nSPS) is 17.2. The van der Waals surface area contributed by atoms with Crippen molar-refractivity contribution in [1.29, 1.82) is 0 Å². The van der Waals surface area contributed by atoms with Gasteiger partial charge in [0.15, 0.2) is 5.78 Å². The zero-order valence-corrected chi connectivity index (χ0v) is 10.9. The Hall–Kier alpha value is -2.16. The topological polar surface area (TPSA) is 56.0 Å². The summed E-state index contributed by atoms with van der Waals surface area (Å²) < 4.78 is 0. The second kappa shape index (κ2) is 4.50. The van der Waals surface area contributed by atoms with Crippen LogP contribution in [0.2, 0.25) is 0 Å². The summed E-state index contributed by atoms with van der Waals surface area (Å²) in [6, 6.07) is 9.51. The molecule has 0 radical (unpaired) electrons. The minimum absolute atomic E-state index is 0.113. The molecule has 0 saturated heterocycles. The fourth-order valence-electron chi connectivity index (χ4n) is 2.66. The highest BCUT2D eigenvalue weighted by Gasteiger charge is 2.30. The fourth-order valence-corrected chi connectivity index (χ4v) is 2.66. The predicted octanol–water partition coefficient (Wildman–Crippen LogP) is 2.88. The zero-order valence-electron chi connectivity index (χ0n) is 10.9. The molecule has 0 fully saturated rings. The molecule has 0 spiro atoms. The number of aryl methyl sites for hydroxylation is 2. The molecule has 0 saturated carbocycles. The number of carbonyl (C=O) groups excluding carboxylic acids is 1. The number of rotatable bonds is 2. The van der Waals surface area contributed by atoms with Gasteiger partial charge in [0.1, 0.15) is 0 Å². The number of ketones is 1. The monoisotopic (exact) mass is 252 g/mol. The quantitative estimate of drug-likeness (QED) is 0.660. The van der Waals surface area contributed by atoms with Gasteiger partial charge in [0.25, 0.3) is 0 Å². The standard InChI is InChI=1S/C16H16N2O/c1-10-4-5-12(9-14(10)17)16(19)13-7-6-11-3-2-8-18-15(11)13/h2-5,8-9,13H,6-7,17H2,1H3. The smallest absolute Gasteiger partial charge is 0.171 e. The van der Waals surface area contributed by atoms with Crippen LogP contribution in [0.15, 0.2) is 36.5 Å². The van der Waals surface area contributed by atoms with Gasteiger partial charge < -0.3 is 5.73 Å². The van der Waals surface area contributed by atoms with E-state index in [0.717, 1.165) is 24.1 Å². The van der Waals surface area contributed by atoms with Gasteiger partial charge in [-0.15, -0.1) is 0 Å². The Morgan fingerprint density at radius 3 is 3.00 bits per heavy atom. The summed E-state index contributed by atoms with van der Waals surface area (Å²) in [5.41, 5.74) is 10.4. The number of Topliss-reactive ketones (excluding diaryl/α,β-unsaturated/α-hetero) is 1. The van der Waals surface area contributed by atoms with Crippen molar-refractivity contribution in [1.82, 2.24) is 4.98 Å². The van der Waals surface area contributed by atoms with Gasteiger partial charge >= 0.3 is 0 Å². The third-order valence-corrected chi connectivity index (χ3v) is 3.84. The molecule has 0 aliphatic heterocycles. The first-order valence-corrected chi connectivity index (χ1v) is 6.51. The molecule has 1 aromatic heterocycles. The highest BCUT2D eigenvalue weighted by Crippen LogP contribution is 2.34. The number of hydrogen-bond donors (Lipinski definition) is 1. The van der Waals surface area contributed by atoms with E-state index in [9.17, 15) is 4.79 Å². The van der Waals surface area contributed by atoms with Gasteiger partial charge in [-0.2, -0.15) is 0 Å². The van der Waals surface area contributed by atoms with Gasteiger partial charge in [0.2, 0.25) is 0 Å². The van der Waals surface area contributed by atoms with Crippen molar-refractivity contribution in [3.05, 3.63) is 58.9 Å². The van der Waals surface area contributed by atoms with Crippen molar-refractivity contribution in [2.75, 3.05) is 5.73 Å². The van der Waals surface area contributed by atoms with Crippen molar-refractivity contribution in [3.63, 3.8) is 0 Å². The maximum atomic E-state index is 12.6. The summed E-state index contributed by atoms with van der Waals surface area (Å²) in [7, 11) is 0. The van der Waals surface area contributed by atoms with E-state index in [1.807, 2.05) is 25.1 Å². The molecule has 1 unspecified atom stereocenters. The Morgan fingerprint density at radius 2 is 2.21 bits per heavy atom. The number of hydrogen-bond acceptors (Lipinski definition) is 3. The first-order chi connectivity index (χ1) is 9.16. The van der Waals surface area contributed by atoms with Crippen LogP contribution >= 0.6 is 0 Å². The van der Waals surface area contributed by atoms with Gasteiger partial charge in [0.05, 0.1) is 11.6 Å². The van der Waals surface area contributed by atoms with Crippen molar-refractivity contribution < 1.29 is 4.79 Å². The second-order valence-electron chi connectivity index (χ2n) is 5.07. The van der Waals surface area contributed by atoms with E-state index in [1.165, 1.54) is 5.56 Å². The third kappa shape index (κ3) is 2.01. The molecule has 1 aliphatic carbocycles. The van der Waals surface area contributed by atoms with Crippen molar-refractivity contribution in [2.24, 2.45) is 0 Å². The second-order valence-corrected chi connectivity index (χ2v) is 5.07. The van der Waals surface area contributed by atoms with Gasteiger partial charge in [-0.1, -0.05) is 18.2 Å². The van der Waals surface area contributed by atoms with E-state index in [1.54, 1.807) is 12.3 Å². The molecule has 0 bridgehead atoms. The fraction of sp³-hybridized carbons (Fsp3) is 0.250. The summed E-state index contributed by atoms with van der Waals surface area (Å²) >= 11 is 0. The number of nitrogens with two attached hydrogens (primary N) is 1. The molecule has 0 amide bonds. The van der Waals surface area contributed by atoms with Crippen LogP contribution in [0, 0.1) is 6.92 Å². The highest BCUT2D eigenvalue weighted by molar-refractivity contribution is 6.02.